The molecule has 2 aliphatic heterocycles. The summed E-state index contributed by atoms with van der Waals surface area (Å²) >= 11 is 0. The van der Waals surface area contributed by atoms with Gasteiger partial charge in [-0.3, -0.25) is 0 Å². The summed E-state index contributed by atoms with van der Waals surface area (Å²) in [6.45, 7) is 1.27. The van der Waals surface area contributed by atoms with E-state index in [2.05, 4.69) is 11.7 Å². The highest BCUT2D eigenvalue weighted by molar-refractivity contribution is 5.63. The van der Waals surface area contributed by atoms with Crippen molar-refractivity contribution in [2.75, 3.05) is 26.9 Å². The second kappa shape index (κ2) is 17.7. The molecule has 0 amide bonds. The van der Waals surface area contributed by atoms with E-state index in [0.29, 0.717) is 0 Å². The molecule has 10 N–H and O–H groups in total. The summed E-state index contributed by atoms with van der Waals surface area (Å²) in [5.74, 6) is 0. The van der Waals surface area contributed by atoms with E-state index in [4.69, 9.17) is 28.5 Å². The second-order valence-corrected chi connectivity index (χ2v) is 10.5. The highest BCUT2D eigenvalue weighted by Gasteiger charge is 2.52. The molecule has 0 saturated carbocycles. The Hall–Kier alpha value is -2.17. The van der Waals surface area contributed by atoms with Crippen molar-refractivity contribution in [1.82, 2.24) is 0 Å². The number of methoxy groups -OCH3 is 1. The summed E-state index contributed by atoms with van der Waals surface area (Å²) in [6, 6.07) is 7.25. The average Bonchev–Trinajstić information content (AvgIpc) is 3.05. The van der Waals surface area contributed by atoms with Crippen LogP contribution in [0, 0.1) is 0 Å². The lowest BCUT2D eigenvalue weighted by Crippen LogP contribution is -2.65. The summed E-state index contributed by atoms with van der Waals surface area (Å²) in [6.07, 6.45) is -20.8. The zero-order valence-corrected chi connectivity index (χ0v) is 24.5. The zero-order valence-electron chi connectivity index (χ0n) is 24.5. The third-order valence-electron chi connectivity index (χ3n) is 7.49. The van der Waals surface area contributed by atoms with E-state index < -0.39 is 106 Å². The standard InChI is InChI=1S/C28H43NO16/c1-3-13-4-6-14(7-5-13)12-41-29-8-15(33)24(40-2)25(16(34)9-30)44-28-23(39)21(37)26(18(11-32)43-28)45-27-22(38)20(36)19(35)17(10-31)42-27/h3-8,15-28,30-39H,1,9-12H2,2H3. The van der Waals surface area contributed by atoms with Gasteiger partial charge < -0.3 is 79.6 Å². The van der Waals surface area contributed by atoms with Crippen LogP contribution < -0.4 is 0 Å². The molecule has 1 aromatic rings. The first-order valence-corrected chi connectivity index (χ1v) is 14.1. The number of oxime groups is 1. The molecule has 45 heavy (non-hydrogen) atoms. The largest absolute Gasteiger partial charge is 0.394 e. The Labute approximate surface area is 258 Å². The first-order valence-electron chi connectivity index (χ1n) is 14.1. The Kier molecular flexibility index (Phi) is 14.6. The van der Waals surface area contributed by atoms with E-state index in [-0.39, 0.29) is 6.61 Å². The van der Waals surface area contributed by atoms with Crippen LogP contribution in [0.2, 0.25) is 0 Å². The van der Waals surface area contributed by atoms with Crippen LogP contribution in [0.4, 0.5) is 0 Å². The monoisotopic (exact) mass is 649 g/mol. The fourth-order valence-corrected chi connectivity index (χ4v) is 4.83. The van der Waals surface area contributed by atoms with Crippen LogP contribution in [0.3, 0.4) is 0 Å². The average molecular weight is 650 g/mol. The number of aliphatic hydroxyl groups excluding tert-OH is 10. The van der Waals surface area contributed by atoms with Crippen LogP contribution in [-0.4, -0.2) is 170 Å². The molecule has 2 heterocycles. The molecule has 0 aliphatic carbocycles. The molecule has 14 atom stereocenters. The quantitative estimate of drug-likeness (QED) is 0.0598. The van der Waals surface area contributed by atoms with E-state index in [9.17, 15) is 51.1 Å². The van der Waals surface area contributed by atoms with Crippen LogP contribution in [0.25, 0.3) is 6.08 Å². The lowest BCUT2D eigenvalue weighted by atomic mass is 9.96. The van der Waals surface area contributed by atoms with Gasteiger partial charge in [-0.05, 0) is 11.1 Å². The van der Waals surface area contributed by atoms with Gasteiger partial charge in [-0.2, -0.15) is 0 Å². The van der Waals surface area contributed by atoms with Gasteiger partial charge in [0, 0.05) is 7.11 Å². The van der Waals surface area contributed by atoms with Gasteiger partial charge in [-0.25, -0.2) is 0 Å². The molecule has 2 saturated heterocycles. The molecule has 1 aromatic carbocycles. The molecule has 14 unspecified atom stereocenters. The Balaban J connectivity index is 1.68. The molecular weight excluding hydrogens is 606 g/mol. The van der Waals surface area contributed by atoms with Crippen molar-refractivity contribution in [1.29, 1.82) is 0 Å². The van der Waals surface area contributed by atoms with Crippen molar-refractivity contribution in [3.05, 3.63) is 42.0 Å². The first kappa shape index (κ1) is 37.3. The third kappa shape index (κ3) is 9.22. The van der Waals surface area contributed by atoms with Gasteiger partial charge in [0.1, 0.15) is 79.9 Å². The first-order chi connectivity index (χ1) is 21.5. The molecule has 0 radical (unpaired) electrons. The fraction of sp³-hybridized carbons (Fsp3) is 0.679. The summed E-state index contributed by atoms with van der Waals surface area (Å²) in [4.78, 5) is 5.21. The van der Waals surface area contributed by atoms with Gasteiger partial charge in [-0.1, -0.05) is 42.1 Å². The number of benzene rings is 1. The number of nitrogens with zero attached hydrogens (tertiary/aromatic N) is 1. The number of hydrogen-bond acceptors (Lipinski definition) is 17. The minimum Gasteiger partial charge on any atom is -0.394 e. The predicted molar refractivity (Wildman–Crippen MR) is 151 cm³/mol. The molecular formula is C28H43NO16. The van der Waals surface area contributed by atoms with Crippen LogP contribution in [0.15, 0.2) is 36.0 Å². The molecule has 0 bridgehead atoms. The maximum absolute atomic E-state index is 10.9. The molecule has 0 aromatic heterocycles. The van der Waals surface area contributed by atoms with Crippen molar-refractivity contribution < 1.29 is 79.6 Å². The molecule has 17 heteroatoms. The lowest BCUT2D eigenvalue weighted by molar-refractivity contribution is -0.367. The predicted octanol–water partition coefficient (Wildman–Crippen LogP) is -4.43. The minimum atomic E-state index is -1.95. The molecule has 17 nitrogen and oxygen atoms in total. The van der Waals surface area contributed by atoms with Crippen molar-refractivity contribution in [2.45, 2.75) is 92.4 Å². The van der Waals surface area contributed by atoms with Gasteiger partial charge in [0.15, 0.2) is 12.6 Å². The molecule has 256 valence electrons. The SMILES string of the molecule is C=Cc1ccc(CON=CC(O)C(OC)C(OC2OC(CO)C(OC3OC(CO)C(O)C(O)C3O)C(O)C2O)C(O)CO)cc1. The second-order valence-electron chi connectivity index (χ2n) is 10.5. The third-order valence-corrected chi connectivity index (χ3v) is 7.49. The molecule has 3 rings (SSSR count). The smallest absolute Gasteiger partial charge is 0.187 e. The Morgan fingerprint density at radius 2 is 1.47 bits per heavy atom. The topological polar surface area (TPSA) is 270 Å². The number of hydrogen-bond donors (Lipinski definition) is 10. The summed E-state index contributed by atoms with van der Waals surface area (Å²) in [5.41, 5.74) is 1.69. The normalized spacial score (nSPS) is 35.1. The summed E-state index contributed by atoms with van der Waals surface area (Å²) < 4.78 is 27.3. The van der Waals surface area contributed by atoms with Crippen LogP contribution in [0.5, 0.6) is 0 Å². The highest BCUT2D eigenvalue weighted by Crippen LogP contribution is 2.31. The lowest BCUT2D eigenvalue weighted by Gasteiger charge is -2.46. The number of aliphatic hydroxyl groups is 10. The van der Waals surface area contributed by atoms with Gasteiger partial charge in [0.25, 0.3) is 0 Å². The van der Waals surface area contributed by atoms with Crippen molar-refractivity contribution >= 4 is 12.3 Å². The van der Waals surface area contributed by atoms with E-state index >= 15 is 0 Å². The maximum atomic E-state index is 10.9. The van der Waals surface area contributed by atoms with Crippen molar-refractivity contribution in [3.63, 3.8) is 0 Å². The van der Waals surface area contributed by atoms with Gasteiger partial charge in [0.05, 0.1) is 26.0 Å². The van der Waals surface area contributed by atoms with Crippen LogP contribution in [0.1, 0.15) is 11.1 Å². The van der Waals surface area contributed by atoms with Crippen LogP contribution in [-0.2, 0) is 35.1 Å². The van der Waals surface area contributed by atoms with Gasteiger partial charge >= 0.3 is 0 Å². The van der Waals surface area contributed by atoms with Crippen molar-refractivity contribution in [2.24, 2.45) is 5.16 Å². The van der Waals surface area contributed by atoms with E-state index in [1.807, 2.05) is 12.1 Å². The minimum absolute atomic E-state index is 0.0619. The Morgan fingerprint density at radius 3 is 2.04 bits per heavy atom. The summed E-state index contributed by atoms with van der Waals surface area (Å²) in [5, 5.41) is 106. The van der Waals surface area contributed by atoms with Crippen molar-refractivity contribution in [3.8, 4) is 0 Å². The molecule has 2 fully saturated rings. The highest BCUT2D eigenvalue weighted by atomic mass is 16.7. The molecule has 2 aliphatic rings. The summed E-state index contributed by atoms with van der Waals surface area (Å²) in [7, 11) is 1.16. The zero-order chi connectivity index (χ0) is 33.3. The van der Waals surface area contributed by atoms with E-state index in [0.717, 1.165) is 24.5 Å². The van der Waals surface area contributed by atoms with Gasteiger partial charge in [0.2, 0.25) is 0 Å². The Bertz CT molecular complexity index is 1040. The molecule has 0 spiro atoms. The van der Waals surface area contributed by atoms with Gasteiger partial charge in [-0.15, -0.1) is 0 Å². The fourth-order valence-electron chi connectivity index (χ4n) is 4.83. The van der Waals surface area contributed by atoms with E-state index in [1.165, 1.54) is 0 Å². The maximum Gasteiger partial charge on any atom is 0.187 e. The number of rotatable bonds is 16. The Morgan fingerprint density at radius 1 is 0.844 bits per heavy atom. The van der Waals surface area contributed by atoms with E-state index in [1.54, 1.807) is 18.2 Å². The number of ether oxygens (including phenoxy) is 5. The van der Waals surface area contributed by atoms with Crippen LogP contribution >= 0.6 is 0 Å².